The average molecular weight is 306 g/mol. The van der Waals surface area contributed by atoms with Crippen molar-refractivity contribution in [3.05, 3.63) is 10.5 Å². The van der Waals surface area contributed by atoms with Crippen LogP contribution in [0, 0.1) is 0 Å². The standard InChI is InChI=1S/C10H10ClF2N5S/c11-8-7(6-5-14-17-16-6)15-9(19-8)18-3-1-10(12,13)2-4-18/h5H,1-4H2,(H,14,16,17). The lowest BCUT2D eigenvalue weighted by Gasteiger charge is -2.31. The first kappa shape index (κ1) is 12.7. The first-order valence-electron chi connectivity index (χ1n) is 5.70. The lowest BCUT2D eigenvalue weighted by Crippen LogP contribution is -2.39. The number of thiazole rings is 1. The molecule has 1 N–H and O–H groups in total. The zero-order valence-electron chi connectivity index (χ0n) is 9.74. The minimum absolute atomic E-state index is 0.149. The molecule has 0 atom stereocenters. The SMILES string of the molecule is FC1(F)CCN(c2nc(-c3cn[nH]n3)c(Cl)s2)CC1. The molecule has 0 bridgehead atoms. The number of aromatic amines is 1. The van der Waals surface area contributed by atoms with Crippen LogP contribution in [0.25, 0.3) is 11.4 Å². The van der Waals surface area contributed by atoms with Crippen molar-refractivity contribution in [2.75, 3.05) is 18.0 Å². The van der Waals surface area contributed by atoms with Crippen LogP contribution in [0.2, 0.25) is 4.34 Å². The number of rotatable bonds is 2. The number of H-pyrrole nitrogens is 1. The molecule has 0 aromatic carbocycles. The molecule has 1 aliphatic rings. The lowest BCUT2D eigenvalue weighted by molar-refractivity contribution is -0.0220. The summed E-state index contributed by atoms with van der Waals surface area (Å²) in [6.45, 7) is 0.574. The molecule has 102 valence electrons. The highest BCUT2D eigenvalue weighted by atomic mass is 35.5. The fraction of sp³-hybridized carbons (Fsp3) is 0.500. The smallest absolute Gasteiger partial charge is 0.251 e. The Bertz CT molecular complexity index is 560. The van der Waals surface area contributed by atoms with E-state index in [1.165, 1.54) is 17.5 Å². The maximum atomic E-state index is 13.1. The Labute approximate surface area is 116 Å². The Kier molecular flexibility index (Phi) is 3.14. The van der Waals surface area contributed by atoms with E-state index < -0.39 is 5.92 Å². The monoisotopic (exact) mass is 305 g/mol. The Hall–Kier alpha value is -1.28. The van der Waals surface area contributed by atoms with E-state index in [2.05, 4.69) is 20.4 Å². The highest BCUT2D eigenvalue weighted by Gasteiger charge is 2.35. The number of piperidine rings is 1. The van der Waals surface area contributed by atoms with Crippen LogP contribution in [0.3, 0.4) is 0 Å². The van der Waals surface area contributed by atoms with Crippen LogP contribution >= 0.6 is 22.9 Å². The highest BCUT2D eigenvalue weighted by Crippen LogP contribution is 2.38. The molecule has 3 heterocycles. The summed E-state index contributed by atoms with van der Waals surface area (Å²) >= 11 is 7.38. The first-order valence-corrected chi connectivity index (χ1v) is 6.90. The van der Waals surface area contributed by atoms with E-state index >= 15 is 0 Å². The van der Waals surface area contributed by atoms with Crippen LogP contribution in [-0.4, -0.2) is 39.4 Å². The van der Waals surface area contributed by atoms with Gasteiger partial charge in [-0.05, 0) is 0 Å². The highest BCUT2D eigenvalue weighted by molar-refractivity contribution is 7.20. The average Bonchev–Trinajstić information content (AvgIpc) is 2.98. The van der Waals surface area contributed by atoms with Gasteiger partial charge in [-0.15, -0.1) is 0 Å². The molecule has 1 fully saturated rings. The summed E-state index contributed by atoms with van der Waals surface area (Å²) in [5.74, 6) is -2.56. The van der Waals surface area contributed by atoms with Crippen molar-refractivity contribution < 1.29 is 8.78 Å². The van der Waals surface area contributed by atoms with Crippen LogP contribution in [0.15, 0.2) is 6.20 Å². The lowest BCUT2D eigenvalue weighted by atomic mass is 10.1. The topological polar surface area (TPSA) is 57.7 Å². The second-order valence-corrected chi connectivity index (χ2v) is 5.90. The third kappa shape index (κ3) is 2.55. The third-order valence-electron chi connectivity index (χ3n) is 3.00. The number of hydrogen-bond acceptors (Lipinski definition) is 5. The number of nitrogens with zero attached hydrogens (tertiary/aromatic N) is 4. The largest absolute Gasteiger partial charge is 0.348 e. The molecule has 19 heavy (non-hydrogen) atoms. The van der Waals surface area contributed by atoms with Gasteiger partial charge in [-0.3, -0.25) is 0 Å². The van der Waals surface area contributed by atoms with Gasteiger partial charge < -0.3 is 4.90 Å². The molecule has 0 unspecified atom stereocenters. The van der Waals surface area contributed by atoms with Crippen molar-refractivity contribution in [1.82, 2.24) is 20.4 Å². The summed E-state index contributed by atoms with van der Waals surface area (Å²) in [5, 5.41) is 10.8. The predicted octanol–water partition coefficient (Wildman–Crippen LogP) is 2.82. The number of nitrogens with one attached hydrogen (secondary N) is 1. The van der Waals surface area contributed by atoms with Gasteiger partial charge in [0.05, 0.1) is 6.20 Å². The molecule has 0 saturated carbocycles. The fourth-order valence-electron chi connectivity index (χ4n) is 1.92. The number of alkyl halides is 2. The second-order valence-electron chi connectivity index (χ2n) is 4.32. The summed E-state index contributed by atoms with van der Waals surface area (Å²) < 4.78 is 26.7. The molecule has 5 nitrogen and oxygen atoms in total. The second kappa shape index (κ2) is 4.68. The van der Waals surface area contributed by atoms with Gasteiger partial charge in [0, 0.05) is 25.9 Å². The van der Waals surface area contributed by atoms with Crippen molar-refractivity contribution in [1.29, 1.82) is 0 Å². The summed E-state index contributed by atoms with van der Waals surface area (Å²) in [4.78, 5) is 6.20. The van der Waals surface area contributed by atoms with E-state index in [9.17, 15) is 8.78 Å². The van der Waals surface area contributed by atoms with Gasteiger partial charge in [-0.2, -0.15) is 15.4 Å². The van der Waals surface area contributed by atoms with Crippen molar-refractivity contribution >= 4 is 28.1 Å². The summed E-state index contributed by atoms with van der Waals surface area (Å²) in [7, 11) is 0. The molecule has 0 radical (unpaired) electrons. The maximum Gasteiger partial charge on any atom is 0.251 e. The molecule has 0 spiro atoms. The molecule has 9 heteroatoms. The summed E-state index contributed by atoms with van der Waals surface area (Å²) in [6, 6.07) is 0. The molecule has 1 aliphatic heterocycles. The predicted molar refractivity (Wildman–Crippen MR) is 68.9 cm³/mol. The molecule has 2 aromatic rings. The maximum absolute atomic E-state index is 13.1. The number of anilines is 1. The van der Waals surface area contributed by atoms with Gasteiger partial charge in [-0.25, -0.2) is 13.8 Å². The van der Waals surface area contributed by atoms with Crippen LogP contribution in [-0.2, 0) is 0 Å². The van der Waals surface area contributed by atoms with E-state index in [1.807, 2.05) is 4.90 Å². The van der Waals surface area contributed by atoms with Gasteiger partial charge in [0.15, 0.2) is 5.13 Å². The van der Waals surface area contributed by atoms with Crippen LogP contribution in [0.1, 0.15) is 12.8 Å². The Balaban J connectivity index is 1.82. The van der Waals surface area contributed by atoms with Crippen molar-refractivity contribution in [3.63, 3.8) is 0 Å². The van der Waals surface area contributed by atoms with Gasteiger partial charge in [-0.1, -0.05) is 22.9 Å². The summed E-state index contributed by atoms with van der Waals surface area (Å²) in [6.07, 6.45) is 1.22. The number of halogens is 3. The van der Waals surface area contributed by atoms with Crippen molar-refractivity contribution in [3.8, 4) is 11.4 Å². The number of aromatic nitrogens is 4. The zero-order chi connectivity index (χ0) is 13.5. The van der Waals surface area contributed by atoms with Crippen molar-refractivity contribution in [2.45, 2.75) is 18.8 Å². The normalized spacial score (nSPS) is 18.8. The molecule has 2 aromatic heterocycles. The van der Waals surface area contributed by atoms with Gasteiger partial charge >= 0.3 is 0 Å². The van der Waals surface area contributed by atoms with E-state index in [0.717, 1.165) is 0 Å². The number of hydrogen-bond donors (Lipinski definition) is 1. The van der Waals surface area contributed by atoms with Crippen molar-refractivity contribution in [2.24, 2.45) is 0 Å². The third-order valence-corrected chi connectivity index (χ3v) is 4.31. The van der Waals surface area contributed by atoms with Gasteiger partial charge in [0.2, 0.25) is 0 Å². The van der Waals surface area contributed by atoms with Crippen LogP contribution in [0.4, 0.5) is 13.9 Å². The molecule has 0 aliphatic carbocycles. The molecule has 3 rings (SSSR count). The van der Waals surface area contributed by atoms with Gasteiger partial charge in [0.25, 0.3) is 5.92 Å². The first-order chi connectivity index (χ1) is 9.05. The van der Waals surface area contributed by atoms with E-state index in [-0.39, 0.29) is 25.9 Å². The fourth-order valence-corrected chi connectivity index (χ4v) is 3.13. The Morgan fingerprint density at radius 1 is 1.37 bits per heavy atom. The minimum atomic E-state index is -2.56. The zero-order valence-corrected chi connectivity index (χ0v) is 11.3. The molecular formula is C10H10ClF2N5S. The van der Waals surface area contributed by atoms with Gasteiger partial charge in [0.1, 0.15) is 15.7 Å². The minimum Gasteiger partial charge on any atom is -0.348 e. The quantitative estimate of drug-likeness (QED) is 0.927. The van der Waals surface area contributed by atoms with Crippen LogP contribution in [0.5, 0.6) is 0 Å². The molecule has 1 saturated heterocycles. The Morgan fingerprint density at radius 2 is 2.11 bits per heavy atom. The summed E-state index contributed by atoms with van der Waals surface area (Å²) in [5.41, 5.74) is 1.09. The van der Waals surface area contributed by atoms with E-state index in [4.69, 9.17) is 11.6 Å². The molecule has 0 amide bonds. The van der Waals surface area contributed by atoms with E-state index in [1.54, 1.807) is 0 Å². The molecular weight excluding hydrogens is 296 g/mol. The van der Waals surface area contributed by atoms with E-state index in [0.29, 0.717) is 20.9 Å². The van der Waals surface area contributed by atoms with Crippen LogP contribution < -0.4 is 4.90 Å². The Morgan fingerprint density at radius 3 is 2.74 bits per heavy atom.